The number of aromatic nitrogens is 2. The van der Waals surface area contributed by atoms with Crippen molar-refractivity contribution in [1.29, 1.82) is 0 Å². The molecule has 0 saturated carbocycles. The highest BCUT2D eigenvalue weighted by molar-refractivity contribution is 5.28. The third kappa shape index (κ3) is 3.77. The number of nitrogens with one attached hydrogen (secondary N) is 1. The summed E-state index contributed by atoms with van der Waals surface area (Å²) in [6, 6.07) is 9.38. The highest BCUT2D eigenvalue weighted by Crippen LogP contribution is 2.13. The summed E-state index contributed by atoms with van der Waals surface area (Å²) in [6.07, 6.45) is 2.19. The van der Waals surface area contributed by atoms with Crippen LogP contribution in [0.25, 0.3) is 0 Å². The Hall–Kier alpha value is -1.95. The third-order valence-corrected chi connectivity index (χ3v) is 2.97. The van der Waals surface area contributed by atoms with E-state index in [0.717, 1.165) is 22.4 Å². The topological polar surface area (TPSA) is 39.1 Å². The molecule has 1 aromatic carbocycles. The van der Waals surface area contributed by atoms with Crippen LogP contribution < -0.4 is 10.1 Å². The van der Waals surface area contributed by atoms with Gasteiger partial charge >= 0.3 is 6.55 Å². The number of rotatable bonds is 7. The summed E-state index contributed by atoms with van der Waals surface area (Å²) in [7, 11) is 1.63. The molecule has 6 heteroatoms. The second-order valence-electron chi connectivity index (χ2n) is 4.32. The Labute approximate surface area is 116 Å². The fourth-order valence-electron chi connectivity index (χ4n) is 1.93. The monoisotopic (exact) mass is 281 g/mol. The summed E-state index contributed by atoms with van der Waals surface area (Å²) in [5, 5.41) is 6.72. The molecule has 0 aliphatic heterocycles. The molecule has 0 spiro atoms. The normalized spacial score (nSPS) is 11.0. The van der Waals surface area contributed by atoms with Crippen molar-refractivity contribution in [3.8, 4) is 5.75 Å². The number of methoxy groups -OCH3 is 1. The van der Waals surface area contributed by atoms with Gasteiger partial charge in [0, 0.05) is 12.7 Å². The summed E-state index contributed by atoms with van der Waals surface area (Å²) in [5.41, 5.74) is 1.62. The van der Waals surface area contributed by atoms with Gasteiger partial charge in [-0.1, -0.05) is 12.1 Å². The maximum absolute atomic E-state index is 12.6. The molecule has 2 rings (SSSR count). The minimum Gasteiger partial charge on any atom is -0.497 e. The van der Waals surface area contributed by atoms with Crippen LogP contribution in [0.1, 0.15) is 17.8 Å². The lowest BCUT2D eigenvalue weighted by Gasteiger charge is -2.08. The summed E-state index contributed by atoms with van der Waals surface area (Å²) < 4.78 is 31.0. The molecule has 0 fully saturated rings. The molecule has 0 amide bonds. The Bertz CT molecular complexity index is 543. The molecule has 0 aliphatic carbocycles. The van der Waals surface area contributed by atoms with Gasteiger partial charge in [-0.15, -0.1) is 0 Å². The molecule has 0 aliphatic rings. The predicted octanol–water partition coefficient (Wildman–Crippen LogP) is 2.62. The Balaban J connectivity index is 1.80. The summed E-state index contributed by atoms with van der Waals surface area (Å²) in [4.78, 5) is 0. The van der Waals surface area contributed by atoms with Crippen molar-refractivity contribution in [2.24, 2.45) is 0 Å². The molecule has 1 heterocycles. The first-order chi connectivity index (χ1) is 9.70. The number of hydrogen-bond acceptors (Lipinski definition) is 3. The molecule has 1 N–H and O–H groups in total. The zero-order valence-corrected chi connectivity index (χ0v) is 11.2. The van der Waals surface area contributed by atoms with E-state index in [1.807, 2.05) is 24.3 Å². The largest absolute Gasteiger partial charge is 0.497 e. The molecule has 108 valence electrons. The van der Waals surface area contributed by atoms with Crippen LogP contribution in [0.2, 0.25) is 0 Å². The fourth-order valence-corrected chi connectivity index (χ4v) is 1.93. The van der Waals surface area contributed by atoms with Crippen molar-refractivity contribution in [1.82, 2.24) is 15.1 Å². The van der Waals surface area contributed by atoms with Crippen LogP contribution >= 0.6 is 0 Å². The smallest absolute Gasteiger partial charge is 0.333 e. The van der Waals surface area contributed by atoms with Gasteiger partial charge in [0.1, 0.15) is 5.75 Å². The van der Waals surface area contributed by atoms with Crippen LogP contribution in [0, 0.1) is 0 Å². The number of alkyl halides is 2. The molecular weight excluding hydrogens is 264 g/mol. The van der Waals surface area contributed by atoms with Gasteiger partial charge < -0.3 is 10.1 Å². The van der Waals surface area contributed by atoms with Gasteiger partial charge in [0.25, 0.3) is 0 Å². The average molecular weight is 281 g/mol. The SMILES string of the molecule is COc1cccc(CCNCc2ccnn2C(F)F)c1. The van der Waals surface area contributed by atoms with E-state index >= 15 is 0 Å². The Morgan fingerprint density at radius 3 is 2.95 bits per heavy atom. The van der Waals surface area contributed by atoms with Crippen LogP contribution in [0.3, 0.4) is 0 Å². The van der Waals surface area contributed by atoms with Gasteiger partial charge in [0.15, 0.2) is 0 Å². The molecule has 0 atom stereocenters. The van der Waals surface area contributed by atoms with E-state index < -0.39 is 6.55 Å². The summed E-state index contributed by atoms with van der Waals surface area (Å²) in [5.74, 6) is 0.818. The van der Waals surface area contributed by atoms with E-state index in [1.54, 1.807) is 13.2 Å². The minimum absolute atomic E-state index is 0.369. The van der Waals surface area contributed by atoms with E-state index in [2.05, 4.69) is 10.4 Å². The van der Waals surface area contributed by atoms with Crippen molar-refractivity contribution < 1.29 is 13.5 Å². The van der Waals surface area contributed by atoms with E-state index in [9.17, 15) is 8.78 Å². The summed E-state index contributed by atoms with van der Waals surface area (Å²) in [6.45, 7) is -1.53. The molecule has 1 aromatic heterocycles. The highest BCUT2D eigenvalue weighted by atomic mass is 19.3. The van der Waals surface area contributed by atoms with Gasteiger partial charge in [0.05, 0.1) is 12.8 Å². The lowest BCUT2D eigenvalue weighted by atomic mass is 10.1. The lowest BCUT2D eigenvalue weighted by Crippen LogP contribution is -2.19. The van der Waals surface area contributed by atoms with Crippen LogP contribution in [0.15, 0.2) is 36.5 Å². The van der Waals surface area contributed by atoms with E-state index in [0.29, 0.717) is 18.8 Å². The van der Waals surface area contributed by atoms with E-state index in [-0.39, 0.29) is 0 Å². The van der Waals surface area contributed by atoms with Crippen LogP contribution in [-0.4, -0.2) is 23.4 Å². The molecule has 0 unspecified atom stereocenters. The van der Waals surface area contributed by atoms with Gasteiger partial charge in [-0.05, 0) is 36.7 Å². The Morgan fingerprint density at radius 1 is 1.35 bits per heavy atom. The van der Waals surface area contributed by atoms with Crippen LogP contribution in [-0.2, 0) is 13.0 Å². The Kier molecular flexibility index (Phi) is 5.06. The molecular formula is C14H17F2N3O. The number of hydrogen-bond donors (Lipinski definition) is 1. The third-order valence-electron chi connectivity index (χ3n) is 2.97. The average Bonchev–Trinajstić information content (AvgIpc) is 2.92. The van der Waals surface area contributed by atoms with Gasteiger partial charge in [-0.2, -0.15) is 13.9 Å². The zero-order valence-electron chi connectivity index (χ0n) is 11.2. The first kappa shape index (κ1) is 14.5. The highest BCUT2D eigenvalue weighted by Gasteiger charge is 2.10. The van der Waals surface area contributed by atoms with Crippen LogP contribution in [0.4, 0.5) is 8.78 Å². The van der Waals surface area contributed by atoms with Gasteiger partial charge in [-0.3, -0.25) is 0 Å². The molecule has 0 radical (unpaired) electrons. The van der Waals surface area contributed by atoms with Crippen molar-refractivity contribution >= 4 is 0 Å². The molecule has 20 heavy (non-hydrogen) atoms. The molecule has 2 aromatic rings. The zero-order chi connectivity index (χ0) is 14.4. The summed E-state index contributed by atoms with van der Waals surface area (Å²) >= 11 is 0. The first-order valence-electron chi connectivity index (χ1n) is 6.35. The Morgan fingerprint density at radius 2 is 2.20 bits per heavy atom. The van der Waals surface area contributed by atoms with Crippen molar-refractivity contribution in [2.45, 2.75) is 19.5 Å². The van der Waals surface area contributed by atoms with Gasteiger partial charge in [-0.25, -0.2) is 4.68 Å². The number of ether oxygens (including phenoxy) is 1. The molecule has 0 saturated heterocycles. The van der Waals surface area contributed by atoms with Crippen molar-refractivity contribution in [3.63, 3.8) is 0 Å². The van der Waals surface area contributed by atoms with Crippen molar-refractivity contribution in [2.75, 3.05) is 13.7 Å². The maximum Gasteiger partial charge on any atom is 0.333 e. The second kappa shape index (κ2) is 7.00. The lowest BCUT2D eigenvalue weighted by molar-refractivity contribution is 0.0531. The standard InChI is InChI=1S/C14H17F2N3O/c1-20-13-4-2-3-11(9-13)5-7-17-10-12-6-8-18-19(12)14(15)16/h2-4,6,8-9,14,17H,5,7,10H2,1H3. The first-order valence-corrected chi connectivity index (χ1v) is 6.35. The quantitative estimate of drug-likeness (QED) is 0.793. The fraction of sp³-hybridized carbons (Fsp3) is 0.357. The number of halogens is 2. The van der Waals surface area contributed by atoms with E-state index in [4.69, 9.17) is 4.74 Å². The predicted molar refractivity (Wildman–Crippen MR) is 71.9 cm³/mol. The second-order valence-corrected chi connectivity index (χ2v) is 4.32. The molecule has 4 nitrogen and oxygen atoms in total. The van der Waals surface area contributed by atoms with Crippen LogP contribution in [0.5, 0.6) is 5.75 Å². The maximum atomic E-state index is 12.6. The van der Waals surface area contributed by atoms with Gasteiger partial charge in [0.2, 0.25) is 0 Å². The van der Waals surface area contributed by atoms with Crippen molar-refractivity contribution in [3.05, 3.63) is 47.8 Å². The number of nitrogens with zero attached hydrogens (tertiary/aromatic N) is 2. The minimum atomic E-state index is -2.60. The van der Waals surface area contributed by atoms with E-state index in [1.165, 1.54) is 6.20 Å². The molecule has 0 bridgehead atoms. The number of benzene rings is 1.